The molecule has 3 heterocycles. The largest absolute Gasteiger partial charge is 0.355 e. The lowest BCUT2D eigenvalue weighted by atomic mass is 10.0. The van der Waals surface area contributed by atoms with E-state index in [1.54, 1.807) is 0 Å². The van der Waals surface area contributed by atoms with Crippen molar-refractivity contribution in [2.24, 2.45) is 0 Å². The van der Waals surface area contributed by atoms with Crippen molar-refractivity contribution in [3.05, 3.63) is 490 Å². The van der Waals surface area contributed by atoms with Crippen molar-refractivity contribution in [3.8, 4) is 39.3 Å². The summed E-state index contributed by atoms with van der Waals surface area (Å²) in [7, 11) is 0. The highest BCUT2D eigenvalue weighted by atomic mass is 79.9. The van der Waals surface area contributed by atoms with Crippen LogP contribution in [0.4, 0.5) is 56.9 Å². The number of hydrogen-bond acceptors (Lipinski definition) is 4. The maximum Gasteiger partial charge on any atom is 0.0541 e. The van der Waals surface area contributed by atoms with E-state index in [1.165, 1.54) is 125 Å². The van der Waals surface area contributed by atoms with E-state index in [0.717, 1.165) is 83.8 Å². The van der Waals surface area contributed by atoms with Crippen LogP contribution in [0.2, 0.25) is 0 Å². The molecule has 0 atom stereocenters. The van der Waals surface area contributed by atoms with Gasteiger partial charge in [-0.15, -0.1) is 0 Å². The Morgan fingerprint density at radius 1 is 0.175 bits per heavy atom. The molecule has 2 N–H and O–H groups in total. The number of benzene rings is 21. The Labute approximate surface area is 739 Å². The topological polar surface area (TPSA) is 45.3 Å². The molecule has 596 valence electrons. The first-order valence-corrected chi connectivity index (χ1v) is 43.6. The maximum absolute atomic E-state index is 3.57. The van der Waals surface area contributed by atoms with Gasteiger partial charge in [0.05, 0.1) is 44.5 Å². The van der Waals surface area contributed by atoms with Gasteiger partial charge in [0.2, 0.25) is 0 Å². The van der Waals surface area contributed by atoms with Crippen LogP contribution in [0.15, 0.2) is 490 Å². The highest BCUT2D eigenvalue weighted by molar-refractivity contribution is 9.10. The van der Waals surface area contributed by atoms with Crippen molar-refractivity contribution in [2.75, 3.05) is 20.4 Å². The second-order valence-electron chi connectivity index (χ2n) is 31.8. The first kappa shape index (κ1) is 75.9. The summed E-state index contributed by atoms with van der Waals surface area (Å²) in [5.74, 6) is 0. The van der Waals surface area contributed by atoms with Gasteiger partial charge < -0.3 is 34.1 Å². The first-order valence-electron chi connectivity index (χ1n) is 42.8. The van der Waals surface area contributed by atoms with Crippen molar-refractivity contribution in [2.45, 2.75) is 0 Å². The predicted molar refractivity (Wildman–Crippen MR) is 540 cm³/mol. The van der Waals surface area contributed by atoms with Gasteiger partial charge in [-0.25, -0.2) is 0 Å². The molecule has 0 fully saturated rings. The number of nitrogens with one attached hydrogen (secondary N) is 2. The third-order valence-corrected chi connectivity index (χ3v) is 24.9. The first-order chi connectivity index (χ1) is 62.4. The van der Waals surface area contributed by atoms with E-state index in [0.29, 0.717) is 0 Å². The minimum absolute atomic E-state index is 1.08. The number of halogens is 1. The second kappa shape index (κ2) is 33.3. The average molecular weight is 1680 g/mol. The zero-order valence-corrected chi connectivity index (χ0v) is 70.4. The molecule has 0 spiro atoms. The molecule has 8 heteroatoms. The van der Waals surface area contributed by atoms with Crippen LogP contribution in [-0.2, 0) is 0 Å². The van der Waals surface area contributed by atoms with E-state index in [9.17, 15) is 0 Å². The molecular weight excluding hydrogens is 1600 g/mol. The Morgan fingerprint density at radius 3 is 0.683 bits per heavy atom. The summed E-state index contributed by atoms with van der Waals surface area (Å²) >= 11 is 3.50. The molecule has 7 nitrogen and oxygen atoms in total. The van der Waals surface area contributed by atoms with E-state index in [-0.39, 0.29) is 0 Å². The number of fused-ring (bicyclic) bond motifs is 13. The van der Waals surface area contributed by atoms with Crippen molar-refractivity contribution < 1.29 is 0 Å². The fourth-order valence-electron chi connectivity index (χ4n) is 18.4. The van der Waals surface area contributed by atoms with E-state index >= 15 is 0 Å². The van der Waals surface area contributed by atoms with Crippen molar-refractivity contribution in [1.82, 2.24) is 13.7 Å². The van der Waals surface area contributed by atoms with Crippen LogP contribution in [0, 0.1) is 0 Å². The summed E-state index contributed by atoms with van der Waals surface area (Å²) in [5.41, 5.74) is 26.4. The number of hydrogen-bond donors (Lipinski definition) is 2. The van der Waals surface area contributed by atoms with Crippen LogP contribution in [0.5, 0.6) is 0 Å². The Balaban J connectivity index is 0.000000142. The summed E-state index contributed by atoms with van der Waals surface area (Å²) < 4.78 is 8.17. The average Bonchev–Trinajstić information content (AvgIpc) is 1.68. The fraction of sp³-hybridized carbons (Fsp3) is 0. The Kier molecular flexibility index (Phi) is 20.1. The fourth-order valence-corrected chi connectivity index (χ4v) is 18.7. The normalized spacial score (nSPS) is 11.4. The Morgan fingerprint density at radius 2 is 0.389 bits per heavy atom. The van der Waals surface area contributed by atoms with Gasteiger partial charge in [0.1, 0.15) is 0 Å². The third kappa shape index (κ3) is 14.4. The molecule has 24 aromatic rings. The van der Waals surface area contributed by atoms with E-state index in [1.807, 2.05) is 0 Å². The van der Waals surface area contributed by atoms with Crippen molar-refractivity contribution in [1.29, 1.82) is 0 Å². The van der Waals surface area contributed by atoms with Gasteiger partial charge in [-0.1, -0.05) is 319 Å². The molecule has 0 aliphatic heterocycles. The van der Waals surface area contributed by atoms with E-state index in [4.69, 9.17) is 0 Å². The SMILES string of the molecule is Brc1ccc(-n2c3ccccc3c3ccccc32)cc1.c1ccc2c(N(c3ccc(-c4ccc(N(c5ccc(-n6c7ccccc7c7ccccc76)cc5)c5cccc6ccccc56)cc4)cc3)c3ccc(-n4c5ccccc5c5ccccc54)cc3)cccc2c1.c1ccc2c(Nc3ccc(-c4ccc(Nc5cccc6ccccc56)cc4)cc3)cccc2c1. The summed E-state index contributed by atoms with van der Waals surface area (Å²) in [5, 5.41) is 24.5. The lowest BCUT2D eigenvalue weighted by Crippen LogP contribution is -2.11. The van der Waals surface area contributed by atoms with E-state index in [2.05, 4.69) is 535 Å². The molecule has 0 radical (unpaired) electrons. The van der Waals surface area contributed by atoms with Crippen molar-refractivity contribution in [3.63, 3.8) is 0 Å². The number of aromatic nitrogens is 3. The summed E-state index contributed by atoms with van der Waals surface area (Å²) in [4.78, 5) is 4.78. The molecule has 0 aliphatic rings. The molecule has 3 aromatic heterocycles. The molecule has 0 saturated heterocycles. The number of rotatable bonds is 15. The van der Waals surface area contributed by atoms with Gasteiger partial charge in [-0.05, 0) is 226 Å². The minimum Gasteiger partial charge on any atom is -0.355 e. The lowest BCUT2D eigenvalue weighted by molar-refractivity contribution is 1.17. The zero-order chi connectivity index (χ0) is 83.8. The number of para-hydroxylation sites is 6. The summed E-state index contributed by atoms with van der Waals surface area (Å²) in [6.07, 6.45) is 0. The Hall–Kier alpha value is -16.3. The van der Waals surface area contributed by atoms with Gasteiger partial charge in [0.15, 0.2) is 0 Å². The molecule has 0 bridgehead atoms. The molecule has 0 amide bonds. The van der Waals surface area contributed by atoms with Gasteiger partial charge in [-0.2, -0.15) is 0 Å². The molecular formula is C118H82BrN7. The smallest absolute Gasteiger partial charge is 0.0541 e. The minimum atomic E-state index is 1.08. The highest BCUT2D eigenvalue weighted by Gasteiger charge is 2.22. The lowest BCUT2D eigenvalue weighted by Gasteiger charge is -2.28. The van der Waals surface area contributed by atoms with Gasteiger partial charge in [0, 0.05) is 121 Å². The standard InChI is InChI=1S/C68H46N4.C32H24N2.C18H12BrN/c1-3-19-57-49(15-1)17-13-29-63(57)69(53-39-43-55(44-40-53)71-65-25-9-5-21-59(65)60-22-6-10-26-66(60)71)51-35-31-47(32-36-51)48-33-37-52(38-34-48)70(64-30-14-18-50-16-2-4-20-58(50)64)54-41-45-56(46-42-54)72-67-27-11-7-23-61(67)62-24-8-12-28-68(62)72;1-3-11-29-25(7-1)9-5-13-31(29)33-27-19-15-23(16-20-27)24-17-21-28(22-18-24)34-32-14-6-10-26-8-2-4-12-30(26)32;19-13-9-11-14(12-10-13)20-17-7-3-1-5-15(17)16-6-2-4-8-18(16)20/h1-46H;1-22,33-34H;1-12H. The quantitative estimate of drug-likeness (QED) is 0.107. The maximum atomic E-state index is 3.57. The van der Waals surface area contributed by atoms with Gasteiger partial charge >= 0.3 is 0 Å². The zero-order valence-electron chi connectivity index (χ0n) is 68.8. The van der Waals surface area contributed by atoms with Crippen LogP contribution in [0.1, 0.15) is 0 Å². The summed E-state index contributed by atoms with van der Waals surface area (Å²) in [6.45, 7) is 0. The Bertz CT molecular complexity index is 7550. The van der Waals surface area contributed by atoms with Crippen LogP contribution >= 0.6 is 15.9 Å². The monoisotopic (exact) mass is 1680 g/mol. The third-order valence-electron chi connectivity index (χ3n) is 24.4. The van der Waals surface area contributed by atoms with Gasteiger partial charge in [-0.3, -0.25) is 0 Å². The molecule has 0 saturated carbocycles. The van der Waals surface area contributed by atoms with Gasteiger partial charge in [0.25, 0.3) is 0 Å². The van der Waals surface area contributed by atoms with Crippen LogP contribution < -0.4 is 20.4 Å². The van der Waals surface area contributed by atoms with Crippen LogP contribution in [0.25, 0.3) is 148 Å². The molecule has 24 rings (SSSR count). The number of anilines is 10. The van der Waals surface area contributed by atoms with E-state index < -0.39 is 0 Å². The molecule has 0 unspecified atom stereocenters. The number of nitrogens with zero attached hydrogens (tertiary/aromatic N) is 5. The molecule has 0 aliphatic carbocycles. The van der Waals surface area contributed by atoms with Crippen LogP contribution in [0.3, 0.4) is 0 Å². The predicted octanol–water partition coefficient (Wildman–Crippen LogP) is 33.5. The van der Waals surface area contributed by atoms with Crippen LogP contribution in [-0.4, -0.2) is 13.7 Å². The van der Waals surface area contributed by atoms with Crippen molar-refractivity contribution >= 4 is 181 Å². The summed E-state index contributed by atoms with van der Waals surface area (Å²) in [6, 6.07) is 174. The molecule has 126 heavy (non-hydrogen) atoms. The molecule has 21 aromatic carbocycles. The second-order valence-corrected chi connectivity index (χ2v) is 32.8. The highest BCUT2D eigenvalue weighted by Crippen LogP contribution is 2.45.